The number of amides is 2. The van der Waals surface area contributed by atoms with Gasteiger partial charge in [0.05, 0.1) is 19.8 Å². The van der Waals surface area contributed by atoms with E-state index in [0.29, 0.717) is 25.6 Å². The maximum Gasteiger partial charge on any atom is 0.319 e. The zero-order chi connectivity index (χ0) is 24.5. The maximum atomic E-state index is 13.1. The normalized spacial score (nSPS) is 18.5. The number of carbonyl (C=O) groups excluding carboxylic acids is 1. The van der Waals surface area contributed by atoms with Gasteiger partial charge < -0.3 is 25.0 Å². The highest BCUT2D eigenvalue weighted by Crippen LogP contribution is 2.39. The second-order valence-corrected chi connectivity index (χ2v) is 10.6. The van der Waals surface area contributed by atoms with Crippen LogP contribution in [0.1, 0.15) is 75.6 Å². The molecule has 4 rings (SSSR count). The van der Waals surface area contributed by atoms with Crippen LogP contribution >= 0.6 is 0 Å². The largest absolute Gasteiger partial charge is 0.344 e. The Morgan fingerprint density at radius 3 is 2.26 bits per heavy atom. The van der Waals surface area contributed by atoms with Gasteiger partial charge in [-0.25, -0.2) is 4.79 Å². The molecule has 0 radical (unpaired) electrons. The molecule has 0 unspecified atom stereocenters. The lowest BCUT2D eigenvalue weighted by Gasteiger charge is -2.43. The van der Waals surface area contributed by atoms with E-state index in [2.05, 4.69) is 64.3 Å². The Morgan fingerprint density at radius 1 is 1.00 bits per heavy atom. The zero-order valence-electron chi connectivity index (χ0n) is 21.0. The molecule has 7 heteroatoms. The number of hydrogen-bond acceptors (Lipinski definition) is 5. The summed E-state index contributed by atoms with van der Waals surface area (Å²) in [6, 6.07) is 11.6. The molecule has 2 N–H and O–H groups in total. The van der Waals surface area contributed by atoms with Gasteiger partial charge in [0.2, 0.25) is 5.79 Å². The predicted octanol–water partition coefficient (Wildman–Crippen LogP) is 5.80. The third-order valence-corrected chi connectivity index (χ3v) is 6.36. The van der Waals surface area contributed by atoms with Crippen molar-refractivity contribution in [3.8, 4) is 5.75 Å². The van der Waals surface area contributed by atoms with Crippen LogP contribution in [0.3, 0.4) is 0 Å². The number of fused-ring (bicyclic) bond motifs is 1. The zero-order valence-corrected chi connectivity index (χ0v) is 21.0. The quantitative estimate of drug-likeness (QED) is 0.524. The van der Waals surface area contributed by atoms with E-state index in [0.717, 1.165) is 27.9 Å². The molecule has 2 heterocycles. The van der Waals surface area contributed by atoms with Crippen LogP contribution in [0.15, 0.2) is 36.4 Å². The molecular weight excluding hydrogens is 432 g/mol. The number of rotatable bonds is 6. The Morgan fingerprint density at radius 2 is 1.65 bits per heavy atom. The molecule has 2 amide bonds. The Kier molecular flexibility index (Phi) is 6.90. The fraction of sp³-hybridized carbons (Fsp3) is 0.519. The molecule has 1 fully saturated rings. The van der Waals surface area contributed by atoms with E-state index in [4.69, 9.17) is 19.2 Å². The fourth-order valence-corrected chi connectivity index (χ4v) is 4.27. The van der Waals surface area contributed by atoms with Gasteiger partial charge in [0.1, 0.15) is 6.61 Å². The molecule has 1 saturated heterocycles. The Labute approximate surface area is 202 Å². The van der Waals surface area contributed by atoms with Crippen LogP contribution in [0.4, 0.5) is 10.5 Å². The molecule has 0 bridgehead atoms. The molecule has 0 atom stereocenters. The molecule has 184 valence electrons. The van der Waals surface area contributed by atoms with E-state index in [9.17, 15) is 4.79 Å². The third-order valence-electron chi connectivity index (χ3n) is 6.36. The van der Waals surface area contributed by atoms with Gasteiger partial charge in [0.15, 0.2) is 5.75 Å². The smallest absolute Gasteiger partial charge is 0.319 e. The second-order valence-electron chi connectivity index (χ2n) is 10.6. The minimum atomic E-state index is -1.12. The molecule has 0 saturated carbocycles. The molecule has 2 aromatic rings. The summed E-state index contributed by atoms with van der Waals surface area (Å²) in [5.41, 5.74) is 4.71. The van der Waals surface area contributed by atoms with E-state index in [1.807, 2.05) is 24.3 Å². The highest BCUT2D eigenvalue weighted by Gasteiger charge is 2.43. The van der Waals surface area contributed by atoms with Gasteiger partial charge >= 0.3 is 6.03 Å². The monoisotopic (exact) mass is 468 g/mol. The summed E-state index contributed by atoms with van der Waals surface area (Å²) in [5, 5.41) is 6.10. The van der Waals surface area contributed by atoms with E-state index in [1.165, 1.54) is 0 Å². The van der Waals surface area contributed by atoms with E-state index in [-0.39, 0.29) is 29.8 Å². The summed E-state index contributed by atoms with van der Waals surface area (Å²) >= 11 is 0. The van der Waals surface area contributed by atoms with Crippen molar-refractivity contribution in [3.05, 3.63) is 58.7 Å². The molecule has 34 heavy (non-hydrogen) atoms. The number of anilines is 1. The summed E-state index contributed by atoms with van der Waals surface area (Å²) in [5.74, 6) is 0.0833. The summed E-state index contributed by atoms with van der Waals surface area (Å²) in [6.45, 7) is 14.2. The highest BCUT2D eigenvalue weighted by molar-refractivity contribution is 5.91. The van der Waals surface area contributed by atoms with Crippen molar-refractivity contribution in [3.63, 3.8) is 0 Å². The van der Waals surface area contributed by atoms with Crippen LogP contribution in [0.5, 0.6) is 5.75 Å². The third kappa shape index (κ3) is 5.06. The number of carbonyl (C=O) groups is 1. The van der Waals surface area contributed by atoms with Crippen LogP contribution in [-0.2, 0) is 26.8 Å². The number of para-hydroxylation sites is 1. The van der Waals surface area contributed by atoms with Crippen LogP contribution in [-0.4, -0.2) is 25.8 Å². The summed E-state index contributed by atoms with van der Waals surface area (Å²) in [7, 11) is 0. The minimum Gasteiger partial charge on any atom is -0.344 e. The molecular formula is C27H36N2O5. The predicted molar refractivity (Wildman–Crippen MR) is 131 cm³/mol. The van der Waals surface area contributed by atoms with Crippen molar-refractivity contribution in [2.45, 2.75) is 65.8 Å². The van der Waals surface area contributed by atoms with Crippen molar-refractivity contribution in [2.24, 2.45) is 5.41 Å². The van der Waals surface area contributed by atoms with Gasteiger partial charge in [0, 0.05) is 22.2 Å². The van der Waals surface area contributed by atoms with Crippen molar-refractivity contribution in [1.82, 2.24) is 5.32 Å². The summed E-state index contributed by atoms with van der Waals surface area (Å²) in [6.07, 6.45) is 0. The van der Waals surface area contributed by atoms with Crippen LogP contribution in [0, 0.1) is 5.41 Å². The first kappa shape index (κ1) is 24.5. The fourth-order valence-electron chi connectivity index (χ4n) is 4.27. The van der Waals surface area contributed by atoms with Crippen LogP contribution in [0.2, 0.25) is 0 Å². The first-order chi connectivity index (χ1) is 16.1. The average Bonchev–Trinajstić information content (AvgIpc) is 3.26. The molecule has 2 aromatic carbocycles. The first-order valence-electron chi connectivity index (χ1n) is 12.0. The van der Waals surface area contributed by atoms with E-state index >= 15 is 0 Å². The van der Waals surface area contributed by atoms with Crippen molar-refractivity contribution < 1.29 is 24.0 Å². The molecule has 7 nitrogen and oxygen atoms in total. The minimum absolute atomic E-state index is 0.121. The topological polar surface area (TPSA) is 78.1 Å². The summed E-state index contributed by atoms with van der Waals surface area (Å²) in [4.78, 5) is 23.5. The van der Waals surface area contributed by atoms with Gasteiger partial charge in [0.25, 0.3) is 0 Å². The van der Waals surface area contributed by atoms with Crippen molar-refractivity contribution in [2.75, 3.05) is 25.1 Å². The van der Waals surface area contributed by atoms with Gasteiger partial charge in [-0.05, 0) is 29.0 Å². The molecule has 0 aliphatic carbocycles. The van der Waals surface area contributed by atoms with Gasteiger partial charge in [-0.1, -0.05) is 71.9 Å². The molecule has 2 aliphatic rings. The number of ether oxygens (including phenoxy) is 2. The van der Waals surface area contributed by atoms with Crippen LogP contribution in [0.25, 0.3) is 0 Å². The lowest BCUT2D eigenvalue weighted by molar-refractivity contribution is -0.304. The maximum absolute atomic E-state index is 13.1. The number of urea groups is 1. The lowest BCUT2D eigenvalue weighted by atomic mass is 9.92. The van der Waals surface area contributed by atoms with E-state index in [1.54, 1.807) is 0 Å². The van der Waals surface area contributed by atoms with Gasteiger partial charge in [-0.3, -0.25) is 0 Å². The number of nitrogens with one attached hydrogen (secondary N) is 2. The average molecular weight is 469 g/mol. The SMILES string of the molecule is CC(C)c1cccc(C(C)C)c1NC(=O)NCC1(c2ccc3c(c2)OOC3)OCC(C)(C)CO1. The number of hydrogen-bond donors (Lipinski definition) is 2. The van der Waals surface area contributed by atoms with Crippen LogP contribution < -0.4 is 15.5 Å². The lowest BCUT2D eigenvalue weighted by Crippen LogP contribution is -2.52. The highest BCUT2D eigenvalue weighted by atomic mass is 17.2. The Hall–Kier alpha value is -2.61. The van der Waals surface area contributed by atoms with Gasteiger partial charge in [-0.2, -0.15) is 4.89 Å². The number of benzene rings is 2. The van der Waals surface area contributed by atoms with Gasteiger partial charge in [-0.15, -0.1) is 0 Å². The Balaban J connectivity index is 1.56. The molecule has 2 aliphatic heterocycles. The van der Waals surface area contributed by atoms with Crippen molar-refractivity contribution in [1.29, 1.82) is 0 Å². The Bertz CT molecular complexity index is 1010. The van der Waals surface area contributed by atoms with E-state index < -0.39 is 5.79 Å². The van der Waals surface area contributed by atoms with Crippen molar-refractivity contribution >= 4 is 11.7 Å². The second kappa shape index (κ2) is 9.56. The standard InChI is InChI=1S/C27H36N2O5/c1-17(2)21-8-7-9-22(18(3)4)24(21)29-25(30)28-14-27(31-15-26(5,6)16-32-27)20-11-10-19-13-33-34-23(19)12-20/h7-12,17-18H,13-16H2,1-6H3,(H2,28,29,30). The first-order valence-corrected chi connectivity index (χ1v) is 12.0. The molecule has 0 aromatic heterocycles. The summed E-state index contributed by atoms with van der Waals surface area (Å²) < 4.78 is 12.6. The molecule has 0 spiro atoms.